The molecule has 0 aliphatic carbocycles. The summed E-state index contributed by atoms with van der Waals surface area (Å²) < 4.78 is 5.58. The number of hydrogen-bond donors (Lipinski definition) is 2. The van der Waals surface area contributed by atoms with Gasteiger partial charge in [-0.3, -0.25) is 4.79 Å². The first-order valence-corrected chi connectivity index (χ1v) is 6.87. The second-order valence-corrected chi connectivity index (χ2v) is 5.31. The van der Waals surface area contributed by atoms with Gasteiger partial charge in [-0.2, -0.15) is 0 Å². The minimum Gasteiger partial charge on any atom is -0.376 e. The first-order chi connectivity index (χ1) is 8.25. The number of amides is 1. The SMILES string of the molecule is CC(NC(=O)CC1CCNCC1)C1CCCO1. The highest BCUT2D eigenvalue weighted by Crippen LogP contribution is 2.18. The second-order valence-electron chi connectivity index (χ2n) is 5.31. The summed E-state index contributed by atoms with van der Waals surface area (Å²) in [6.07, 6.45) is 5.36. The van der Waals surface area contributed by atoms with Gasteiger partial charge in [0.05, 0.1) is 12.1 Å². The highest BCUT2D eigenvalue weighted by atomic mass is 16.5. The number of rotatable bonds is 4. The van der Waals surface area contributed by atoms with Crippen LogP contribution in [0.3, 0.4) is 0 Å². The lowest BCUT2D eigenvalue weighted by atomic mass is 9.94. The Morgan fingerprint density at radius 3 is 2.82 bits per heavy atom. The monoisotopic (exact) mass is 240 g/mol. The van der Waals surface area contributed by atoms with Crippen molar-refractivity contribution < 1.29 is 9.53 Å². The number of ether oxygens (including phenoxy) is 1. The van der Waals surface area contributed by atoms with Crippen LogP contribution in [0.5, 0.6) is 0 Å². The molecule has 17 heavy (non-hydrogen) atoms. The Hall–Kier alpha value is -0.610. The molecular weight excluding hydrogens is 216 g/mol. The Bertz CT molecular complexity index is 246. The third-order valence-electron chi connectivity index (χ3n) is 3.84. The number of carbonyl (C=O) groups is 1. The van der Waals surface area contributed by atoms with Gasteiger partial charge in [-0.15, -0.1) is 0 Å². The van der Waals surface area contributed by atoms with Gasteiger partial charge in [-0.25, -0.2) is 0 Å². The molecule has 2 unspecified atom stereocenters. The smallest absolute Gasteiger partial charge is 0.220 e. The molecule has 0 spiro atoms. The molecule has 0 saturated carbocycles. The zero-order valence-electron chi connectivity index (χ0n) is 10.7. The highest BCUT2D eigenvalue weighted by Gasteiger charge is 2.24. The van der Waals surface area contributed by atoms with Crippen molar-refractivity contribution in [3.8, 4) is 0 Å². The fourth-order valence-corrected chi connectivity index (χ4v) is 2.75. The van der Waals surface area contributed by atoms with Crippen LogP contribution in [0.4, 0.5) is 0 Å². The molecule has 0 aromatic carbocycles. The van der Waals surface area contributed by atoms with Gasteiger partial charge in [0.1, 0.15) is 0 Å². The highest BCUT2D eigenvalue weighted by molar-refractivity contribution is 5.76. The molecule has 0 radical (unpaired) electrons. The van der Waals surface area contributed by atoms with Gasteiger partial charge >= 0.3 is 0 Å². The lowest BCUT2D eigenvalue weighted by molar-refractivity contribution is -0.123. The van der Waals surface area contributed by atoms with E-state index in [0.29, 0.717) is 12.3 Å². The quantitative estimate of drug-likeness (QED) is 0.772. The summed E-state index contributed by atoms with van der Waals surface area (Å²) >= 11 is 0. The standard InChI is InChI=1S/C13H24N2O2/c1-10(12-3-2-8-17-12)15-13(16)9-11-4-6-14-7-5-11/h10-12,14H,2-9H2,1H3,(H,15,16). The molecular formula is C13H24N2O2. The molecule has 2 heterocycles. The summed E-state index contributed by atoms with van der Waals surface area (Å²) in [4.78, 5) is 11.9. The first kappa shape index (κ1) is 12.8. The molecule has 0 bridgehead atoms. The summed E-state index contributed by atoms with van der Waals surface area (Å²) in [7, 11) is 0. The Morgan fingerprint density at radius 1 is 1.41 bits per heavy atom. The van der Waals surface area contributed by atoms with Crippen molar-refractivity contribution in [1.29, 1.82) is 0 Å². The summed E-state index contributed by atoms with van der Waals surface area (Å²) in [6, 6.07) is 0.159. The number of hydrogen-bond acceptors (Lipinski definition) is 3. The van der Waals surface area contributed by atoms with Gasteiger partial charge in [0, 0.05) is 13.0 Å². The molecule has 0 aromatic heterocycles. The van der Waals surface area contributed by atoms with Gasteiger partial charge in [0.15, 0.2) is 0 Å². The number of piperidine rings is 1. The van der Waals surface area contributed by atoms with Crippen molar-refractivity contribution in [2.45, 2.75) is 51.2 Å². The normalized spacial score (nSPS) is 27.9. The van der Waals surface area contributed by atoms with Gasteiger partial charge in [-0.1, -0.05) is 0 Å². The van der Waals surface area contributed by atoms with E-state index >= 15 is 0 Å². The van der Waals surface area contributed by atoms with Crippen LogP contribution in [0.15, 0.2) is 0 Å². The third-order valence-corrected chi connectivity index (χ3v) is 3.84. The van der Waals surface area contributed by atoms with Crippen molar-refractivity contribution in [3.05, 3.63) is 0 Å². The zero-order chi connectivity index (χ0) is 12.1. The van der Waals surface area contributed by atoms with E-state index in [0.717, 1.165) is 45.4 Å². The molecule has 2 N–H and O–H groups in total. The fraction of sp³-hybridized carbons (Fsp3) is 0.923. The number of carbonyl (C=O) groups excluding carboxylic acids is 1. The molecule has 2 aliphatic rings. The predicted molar refractivity (Wildman–Crippen MR) is 66.8 cm³/mol. The van der Waals surface area contributed by atoms with E-state index in [1.165, 1.54) is 0 Å². The molecule has 2 aliphatic heterocycles. The summed E-state index contributed by atoms with van der Waals surface area (Å²) in [5.74, 6) is 0.757. The van der Waals surface area contributed by atoms with Crippen molar-refractivity contribution in [2.75, 3.05) is 19.7 Å². The van der Waals surface area contributed by atoms with Crippen molar-refractivity contribution >= 4 is 5.91 Å². The Labute approximate surface area is 103 Å². The maximum absolute atomic E-state index is 11.9. The molecule has 2 atom stereocenters. The van der Waals surface area contributed by atoms with Crippen molar-refractivity contribution in [1.82, 2.24) is 10.6 Å². The van der Waals surface area contributed by atoms with Gasteiger partial charge in [0.2, 0.25) is 5.91 Å². The van der Waals surface area contributed by atoms with E-state index in [1.54, 1.807) is 0 Å². The molecule has 2 saturated heterocycles. The Morgan fingerprint density at radius 2 is 2.18 bits per heavy atom. The van der Waals surface area contributed by atoms with Crippen molar-refractivity contribution in [2.24, 2.45) is 5.92 Å². The minimum atomic E-state index is 0.159. The summed E-state index contributed by atoms with van der Waals surface area (Å²) in [5, 5.41) is 6.41. The van der Waals surface area contributed by atoms with Crippen LogP contribution in [-0.4, -0.2) is 37.7 Å². The van der Waals surface area contributed by atoms with E-state index in [1.807, 2.05) is 0 Å². The fourth-order valence-electron chi connectivity index (χ4n) is 2.75. The van der Waals surface area contributed by atoms with Crippen LogP contribution >= 0.6 is 0 Å². The van der Waals surface area contributed by atoms with Gasteiger partial charge < -0.3 is 15.4 Å². The maximum atomic E-state index is 11.9. The Balaban J connectivity index is 1.68. The van der Waals surface area contributed by atoms with Crippen LogP contribution in [0.1, 0.15) is 39.0 Å². The lowest BCUT2D eigenvalue weighted by Gasteiger charge is -2.24. The predicted octanol–water partition coefficient (Wildman–Crippen LogP) is 1.06. The molecule has 4 nitrogen and oxygen atoms in total. The molecule has 98 valence electrons. The summed E-state index contributed by atoms with van der Waals surface area (Å²) in [5.41, 5.74) is 0. The zero-order valence-corrected chi connectivity index (χ0v) is 10.7. The van der Waals surface area contributed by atoms with E-state index in [2.05, 4.69) is 17.6 Å². The number of nitrogens with one attached hydrogen (secondary N) is 2. The first-order valence-electron chi connectivity index (χ1n) is 6.87. The largest absolute Gasteiger partial charge is 0.376 e. The lowest BCUT2D eigenvalue weighted by Crippen LogP contribution is -2.42. The molecule has 0 aromatic rings. The average Bonchev–Trinajstić information content (AvgIpc) is 2.83. The van der Waals surface area contributed by atoms with Crippen LogP contribution in [0.25, 0.3) is 0 Å². The molecule has 2 fully saturated rings. The van der Waals surface area contributed by atoms with E-state index in [-0.39, 0.29) is 18.1 Å². The second kappa shape index (κ2) is 6.36. The molecule has 2 rings (SSSR count). The van der Waals surface area contributed by atoms with Crippen molar-refractivity contribution in [3.63, 3.8) is 0 Å². The van der Waals surface area contributed by atoms with Crippen LogP contribution in [0, 0.1) is 5.92 Å². The third kappa shape index (κ3) is 3.96. The maximum Gasteiger partial charge on any atom is 0.220 e. The summed E-state index contributed by atoms with van der Waals surface area (Å²) in [6.45, 7) is 5.01. The molecule has 1 amide bonds. The minimum absolute atomic E-state index is 0.159. The van der Waals surface area contributed by atoms with E-state index < -0.39 is 0 Å². The van der Waals surface area contributed by atoms with Crippen LogP contribution < -0.4 is 10.6 Å². The Kier molecular flexibility index (Phi) is 4.80. The topological polar surface area (TPSA) is 50.4 Å². The van der Waals surface area contributed by atoms with Gasteiger partial charge in [-0.05, 0) is 51.6 Å². The average molecular weight is 240 g/mol. The van der Waals surface area contributed by atoms with E-state index in [9.17, 15) is 4.79 Å². The van der Waals surface area contributed by atoms with Gasteiger partial charge in [0.25, 0.3) is 0 Å². The van der Waals surface area contributed by atoms with Crippen LogP contribution in [-0.2, 0) is 9.53 Å². The van der Waals surface area contributed by atoms with Crippen LogP contribution in [0.2, 0.25) is 0 Å². The molecule has 4 heteroatoms. The van der Waals surface area contributed by atoms with E-state index in [4.69, 9.17) is 4.74 Å².